The van der Waals surface area contributed by atoms with Crippen LogP contribution in [0.4, 0.5) is 5.95 Å². The van der Waals surface area contributed by atoms with E-state index < -0.39 is 0 Å². The molecule has 0 unspecified atom stereocenters. The number of anilines is 1. The Kier molecular flexibility index (Phi) is 3.57. The molecule has 8 heteroatoms. The number of benzene rings is 1. The molecule has 0 atom stereocenters. The predicted molar refractivity (Wildman–Crippen MR) is 90.6 cm³/mol. The fraction of sp³-hybridized carbons (Fsp3) is 0.176. The van der Waals surface area contributed by atoms with Gasteiger partial charge in [0.15, 0.2) is 0 Å². The molecule has 0 spiro atoms. The molecule has 1 amide bonds. The molecule has 0 saturated carbocycles. The van der Waals surface area contributed by atoms with Gasteiger partial charge in [-0.3, -0.25) is 9.89 Å². The lowest BCUT2D eigenvalue weighted by Crippen LogP contribution is -2.25. The number of hydrogen-bond donors (Lipinski definition) is 2. The van der Waals surface area contributed by atoms with Crippen molar-refractivity contribution in [1.29, 1.82) is 0 Å². The first-order chi connectivity index (χ1) is 12.2. The van der Waals surface area contributed by atoms with E-state index in [1.807, 2.05) is 24.3 Å². The van der Waals surface area contributed by atoms with Crippen LogP contribution in [0.3, 0.4) is 0 Å². The molecule has 126 valence electrons. The Morgan fingerprint density at radius 1 is 1.32 bits per heavy atom. The van der Waals surface area contributed by atoms with E-state index in [1.54, 1.807) is 24.3 Å². The van der Waals surface area contributed by atoms with E-state index in [9.17, 15) is 4.79 Å². The molecule has 2 aromatic heterocycles. The summed E-state index contributed by atoms with van der Waals surface area (Å²) < 4.78 is 5.35. The maximum atomic E-state index is 12.7. The Hall–Kier alpha value is -3.42. The molecule has 3 aromatic rings. The third-order valence-electron chi connectivity index (χ3n) is 4.15. The number of nitrogens with zero attached hydrogens (tertiary/aromatic N) is 4. The zero-order valence-electron chi connectivity index (χ0n) is 13.6. The van der Waals surface area contributed by atoms with Crippen molar-refractivity contribution in [2.75, 3.05) is 12.8 Å². The number of ether oxygens (including phenoxy) is 1. The van der Waals surface area contributed by atoms with E-state index in [4.69, 9.17) is 10.5 Å². The monoisotopic (exact) mass is 336 g/mol. The quantitative estimate of drug-likeness (QED) is 0.752. The topological polar surface area (TPSA) is 110 Å². The third-order valence-corrected chi connectivity index (χ3v) is 4.15. The lowest BCUT2D eigenvalue weighted by molar-refractivity contribution is 0.0744. The number of nitrogens with one attached hydrogen (secondary N) is 1. The highest BCUT2D eigenvalue weighted by Crippen LogP contribution is 2.29. The number of H-pyrrole nitrogens is 1. The summed E-state index contributed by atoms with van der Waals surface area (Å²) in [6, 6.07) is 9.26. The molecule has 3 heterocycles. The van der Waals surface area contributed by atoms with Crippen LogP contribution in [0.15, 0.2) is 36.5 Å². The van der Waals surface area contributed by atoms with Gasteiger partial charge in [0, 0.05) is 23.9 Å². The fourth-order valence-corrected chi connectivity index (χ4v) is 2.91. The number of nitrogen functional groups attached to an aromatic ring is 1. The van der Waals surface area contributed by atoms with Crippen molar-refractivity contribution in [2.45, 2.75) is 13.1 Å². The van der Waals surface area contributed by atoms with E-state index in [-0.39, 0.29) is 11.9 Å². The first-order valence-corrected chi connectivity index (χ1v) is 7.74. The first-order valence-electron chi connectivity index (χ1n) is 7.74. The molecule has 8 nitrogen and oxygen atoms in total. The normalized spacial score (nSPS) is 12.9. The number of para-hydroxylation sites is 1. The van der Waals surface area contributed by atoms with Crippen molar-refractivity contribution in [3.63, 3.8) is 0 Å². The van der Waals surface area contributed by atoms with Crippen molar-refractivity contribution in [2.24, 2.45) is 0 Å². The lowest BCUT2D eigenvalue weighted by Gasteiger charge is -2.13. The number of methoxy groups -OCH3 is 1. The smallest absolute Gasteiger partial charge is 0.272 e. The van der Waals surface area contributed by atoms with E-state index in [0.717, 1.165) is 16.8 Å². The maximum absolute atomic E-state index is 12.7. The average Bonchev–Trinajstić information content (AvgIpc) is 3.27. The summed E-state index contributed by atoms with van der Waals surface area (Å²) in [4.78, 5) is 22.6. The summed E-state index contributed by atoms with van der Waals surface area (Å²) in [5, 5.41) is 7.06. The summed E-state index contributed by atoms with van der Waals surface area (Å²) in [6.07, 6.45) is 1.66. The molecule has 1 aromatic carbocycles. The van der Waals surface area contributed by atoms with Crippen LogP contribution in [0.5, 0.6) is 5.75 Å². The number of carbonyl (C=O) groups is 1. The first kappa shape index (κ1) is 15.1. The second kappa shape index (κ2) is 5.90. The summed E-state index contributed by atoms with van der Waals surface area (Å²) in [5.74, 6) is 0.769. The van der Waals surface area contributed by atoms with Gasteiger partial charge >= 0.3 is 0 Å². The van der Waals surface area contributed by atoms with Gasteiger partial charge in [-0.1, -0.05) is 12.1 Å². The summed E-state index contributed by atoms with van der Waals surface area (Å²) in [6.45, 7) is 0.862. The number of fused-ring (bicyclic) bond motifs is 1. The zero-order chi connectivity index (χ0) is 17.4. The van der Waals surface area contributed by atoms with E-state index in [0.29, 0.717) is 30.2 Å². The van der Waals surface area contributed by atoms with Crippen LogP contribution in [0.25, 0.3) is 11.3 Å². The Bertz CT molecular complexity index is 952. The summed E-state index contributed by atoms with van der Waals surface area (Å²) in [7, 11) is 1.60. The van der Waals surface area contributed by atoms with Crippen LogP contribution in [-0.2, 0) is 13.1 Å². The zero-order valence-corrected chi connectivity index (χ0v) is 13.6. The minimum atomic E-state index is -0.148. The molecule has 0 bridgehead atoms. The van der Waals surface area contributed by atoms with E-state index >= 15 is 0 Å². The number of hydrogen-bond acceptors (Lipinski definition) is 6. The van der Waals surface area contributed by atoms with Gasteiger partial charge in [0.1, 0.15) is 11.4 Å². The van der Waals surface area contributed by atoms with Crippen molar-refractivity contribution >= 4 is 11.9 Å². The van der Waals surface area contributed by atoms with Gasteiger partial charge in [0.2, 0.25) is 5.95 Å². The minimum Gasteiger partial charge on any atom is -0.496 e. The molecule has 0 radical (unpaired) electrons. The van der Waals surface area contributed by atoms with Crippen molar-refractivity contribution in [3.05, 3.63) is 53.5 Å². The van der Waals surface area contributed by atoms with Crippen LogP contribution in [0.2, 0.25) is 0 Å². The van der Waals surface area contributed by atoms with Crippen LogP contribution >= 0.6 is 0 Å². The van der Waals surface area contributed by atoms with E-state index in [2.05, 4.69) is 20.2 Å². The largest absolute Gasteiger partial charge is 0.496 e. The molecular formula is C17H16N6O2. The molecular weight excluding hydrogens is 320 g/mol. The number of aromatic nitrogens is 4. The highest BCUT2D eigenvalue weighted by Gasteiger charge is 2.27. The number of carbonyl (C=O) groups excluding carboxylic acids is 1. The fourth-order valence-electron chi connectivity index (χ4n) is 2.91. The van der Waals surface area contributed by atoms with Crippen LogP contribution in [0, 0.1) is 0 Å². The second-order valence-electron chi connectivity index (χ2n) is 5.73. The van der Waals surface area contributed by atoms with Crippen molar-refractivity contribution in [1.82, 2.24) is 25.1 Å². The van der Waals surface area contributed by atoms with Gasteiger partial charge in [-0.05, 0) is 18.2 Å². The maximum Gasteiger partial charge on any atom is 0.272 e. The molecule has 0 fully saturated rings. The van der Waals surface area contributed by atoms with Gasteiger partial charge in [0.25, 0.3) is 5.91 Å². The average molecular weight is 336 g/mol. The molecule has 0 aliphatic carbocycles. The number of nitrogens with two attached hydrogens (primary N) is 1. The lowest BCUT2D eigenvalue weighted by atomic mass is 10.1. The third kappa shape index (κ3) is 2.67. The minimum absolute atomic E-state index is 0.148. The van der Waals surface area contributed by atoms with Gasteiger partial charge in [-0.15, -0.1) is 0 Å². The Morgan fingerprint density at radius 3 is 3.00 bits per heavy atom. The summed E-state index contributed by atoms with van der Waals surface area (Å²) >= 11 is 0. The molecule has 4 rings (SSSR count). The van der Waals surface area contributed by atoms with Gasteiger partial charge in [0.05, 0.1) is 25.0 Å². The standard InChI is InChI=1S/C17H16N6O2/c1-25-15-5-3-2-4-11(15)12-6-13(22-21-12)16(24)23-8-10-7-19-17(18)20-14(10)9-23/h2-7H,8-9H2,1H3,(H,21,22)(H2,18,19,20). The molecule has 0 saturated heterocycles. The van der Waals surface area contributed by atoms with Crippen molar-refractivity contribution in [3.8, 4) is 17.0 Å². The Labute approximate surface area is 143 Å². The van der Waals surface area contributed by atoms with Crippen molar-refractivity contribution < 1.29 is 9.53 Å². The predicted octanol–water partition coefficient (Wildman–Crippen LogP) is 1.61. The van der Waals surface area contributed by atoms with Gasteiger partial charge in [-0.25, -0.2) is 9.97 Å². The SMILES string of the molecule is COc1ccccc1-c1cc(C(=O)N2Cc3cnc(N)nc3C2)[nH]n1. The second-order valence-corrected chi connectivity index (χ2v) is 5.73. The molecule has 1 aliphatic heterocycles. The van der Waals surface area contributed by atoms with Crippen LogP contribution in [-0.4, -0.2) is 38.1 Å². The molecule has 25 heavy (non-hydrogen) atoms. The van der Waals surface area contributed by atoms with Crippen LogP contribution < -0.4 is 10.5 Å². The number of aromatic amines is 1. The highest BCUT2D eigenvalue weighted by atomic mass is 16.5. The van der Waals surface area contributed by atoms with E-state index in [1.165, 1.54) is 0 Å². The Balaban J connectivity index is 1.58. The van der Waals surface area contributed by atoms with Gasteiger partial charge < -0.3 is 15.4 Å². The number of amides is 1. The highest BCUT2D eigenvalue weighted by molar-refractivity contribution is 5.93. The molecule has 1 aliphatic rings. The Morgan fingerprint density at radius 2 is 2.16 bits per heavy atom. The van der Waals surface area contributed by atoms with Gasteiger partial charge in [-0.2, -0.15) is 5.10 Å². The van der Waals surface area contributed by atoms with Crippen LogP contribution in [0.1, 0.15) is 21.7 Å². The number of rotatable bonds is 3. The summed E-state index contributed by atoms with van der Waals surface area (Å²) in [5.41, 5.74) is 9.19. The molecule has 3 N–H and O–H groups in total.